The maximum Gasteiger partial charge on any atom is 0.260 e. The molecule has 4 rings (SSSR count). The molecule has 1 aliphatic rings. The van der Waals surface area contributed by atoms with Crippen molar-refractivity contribution in [2.24, 2.45) is 0 Å². The van der Waals surface area contributed by atoms with Gasteiger partial charge in [-0.3, -0.25) is 4.79 Å². The molecule has 0 aliphatic carbocycles. The molecule has 1 amide bonds. The number of aromatic hydroxyl groups is 2. The third-order valence-corrected chi connectivity index (χ3v) is 4.87. The van der Waals surface area contributed by atoms with Gasteiger partial charge in [0.05, 0.1) is 11.9 Å². The standard InChI is InChI=1S/C21H22N4O3/c1-13(2)25-19(7-8-22-25)23-17-9-16(26)10-18(27)20(17)21(28)24-11-14-5-3-4-6-15(14)12-24/h3-10,13,23,26-27H,11-12H2,1-2H3. The van der Waals surface area contributed by atoms with Gasteiger partial charge in [0.15, 0.2) is 0 Å². The number of hydrogen-bond acceptors (Lipinski definition) is 5. The Hall–Kier alpha value is -3.48. The zero-order valence-corrected chi connectivity index (χ0v) is 15.8. The molecule has 1 aliphatic heterocycles. The van der Waals surface area contributed by atoms with Gasteiger partial charge in [-0.1, -0.05) is 24.3 Å². The van der Waals surface area contributed by atoms with Gasteiger partial charge in [-0.05, 0) is 25.0 Å². The molecule has 0 spiro atoms. The number of phenols is 2. The number of amides is 1. The molecule has 7 heteroatoms. The highest BCUT2D eigenvalue weighted by molar-refractivity contribution is 6.03. The second-order valence-corrected chi connectivity index (χ2v) is 7.20. The van der Waals surface area contributed by atoms with E-state index in [9.17, 15) is 15.0 Å². The normalized spacial score (nSPS) is 13.0. The minimum atomic E-state index is -0.299. The van der Waals surface area contributed by atoms with Crippen LogP contribution in [0, 0.1) is 0 Å². The van der Waals surface area contributed by atoms with Gasteiger partial charge in [-0.25, -0.2) is 4.68 Å². The summed E-state index contributed by atoms with van der Waals surface area (Å²) in [6.07, 6.45) is 1.66. The fraction of sp³-hybridized carbons (Fsp3) is 0.238. The first-order valence-corrected chi connectivity index (χ1v) is 9.16. The minimum absolute atomic E-state index is 0.107. The zero-order valence-electron chi connectivity index (χ0n) is 15.8. The number of rotatable bonds is 4. The van der Waals surface area contributed by atoms with Crippen molar-refractivity contribution >= 4 is 17.4 Å². The number of hydrogen-bond donors (Lipinski definition) is 3. The van der Waals surface area contributed by atoms with Gasteiger partial charge in [0, 0.05) is 37.3 Å². The van der Waals surface area contributed by atoms with E-state index in [0.717, 1.165) is 11.1 Å². The molecular formula is C21H22N4O3. The Morgan fingerprint density at radius 2 is 1.79 bits per heavy atom. The fourth-order valence-corrected chi connectivity index (χ4v) is 3.53. The fourth-order valence-electron chi connectivity index (χ4n) is 3.53. The lowest BCUT2D eigenvalue weighted by atomic mass is 10.1. The molecule has 0 radical (unpaired) electrons. The van der Waals surface area contributed by atoms with E-state index in [2.05, 4.69) is 10.4 Å². The molecular weight excluding hydrogens is 356 g/mol. The van der Waals surface area contributed by atoms with Crippen LogP contribution in [0.15, 0.2) is 48.7 Å². The van der Waals surface area contributed by atoms with E-state index in [0.29, 0.717) is 24.6 Å². The largest absolute Gasteiger partial charge is 0.508 e. The minimum Gasteiger partial charge on any atom is -0.508 e. The lowest BCUT2D eigenvalue weighted by Crippen LogP contribution is -2.26. The second kappa shape index (κ2) is 6.92. The highest BCUT2D eigenvalue weighted by Crippen LogP contribution is 2.36. The molecule has 0 atom stereocenters. The Morgan fingerprint density at radius 1 is 1.11 bits per heavy atom. The van der Waals surface area contributed by atoms with E-state index in [1.807, 2.05) is 38.1 Å². The Balaban J connectivity index is 1.69. The summed E-state index contributed by atoms with van der Waals surface area (Å²) in [6, 6.07) is 12.4. The number of carbonyl (C=O) groups excluding carboxylic acids is 1. The van der Waals surface area contributed by atoms with Gasteiger partial charge in [-0.15, -0.1) is 0 Å². The van der Waals surface area contributed by atoms with Crippen molar-refractivity contribution in [2.45, 2.75) is 33.0 Å². The van der Waals surface area contributed by atoms with E-state index in [1.54, 1.807) is 21.8 Å². The van der Waals surface area contributed by atoms with Gasteiger partial charge in [-0.2, -0.15) is 5.10 Å². The number of phenolic OH excluding ortho intramolecular Hbond substituents is 2. The first kappa shape index (κ1) is 17.9. The summed E-state index contributed by atoms with van der Waals surface area (Å²) >= 11 is 0. The van der Waals surface area contributed by atoms with Crippen LogP contribution in [-0.4, -0.2) is 30.8 Å². The SMILES string of the molecule is CC(C)n1nccc1Nc1cc(O)cc(O)c1C(=O)N1Cc2ccccc2C1. The maximum atomic E-state index is 13.2. The summed E-state index contributed by atoms with van der Waals surface area (Å²) < 4.78 is 1.76. The highest BCUT2D eigenvalue weighted by Gasteiger charge is 2.28. The lowest BCUT2D eigenvalue weighted by molar-refractivity contribution is 0.0749. The number of nitrogens with one attached hydrogen (secondary N) is 1. The molecule has 2 heterocycles. The molecule has 0 fully saturated rings. The predicted molar refractivity (Wildman–Crippen MR) is 106 cm³/mol. The van der Waals surface area contributed by atoms with Crippen molar-refractivity contribution in [1.82, 2.24) is 14.7 Å². The van der Waals surface area contributed by atoms with Crippen LogP contribution in [0.3, 0.4) is 0 Å². The van der Waals surface area contributed by atoms with Crippen LogP contribution >= 0.6 is 0 Å². The quantitative estimate of drug-likeness (QED) is 0.643. The average molecular weight is 378 g/mol. The smallest absolute Gasteiger partial charge is 0.260 e. The number of nitrogens with zero attached hydrogens (tertiary/aromatic N) is 3. The summed E-state index contributed by atoms with van der Waals surface area (Å²) in [4.78, 5) is 14.9. The number of fused-ring (bicyclic) bond motifs is 1. The van der Waals surface area contributed by atoms with Crippen molar-refractivity contribution < 1.29 is 15.0 Å². The second-order valence-electron chi connectivity index (χ2n) is 7.20. The molecule has 0 saturated carbocycles. The van der Waals surface area contributed by atoms with Crippen LogP contribution in [0.5, 0.6) is 11.5 Å². The van der Waals surface area contributed by atoms with Gasteiger partial charge in [0.25, 0.3) is 5.91 Å². The maximum absolute atomic E-state index is 13.2. The Labute approximate surface area is 162 Å². The van der Waals surface area contributed by atoms with Crippen molar-refractivity contribution in [1.29, 1.82) is 0 Å². The van der Waals surface area contributed by atoms with Crippen molar-refractivity contribution in [2.75, 3.05) is 5.32 Å². The molecule has 1 aromatic heterocycles. The molecule has 3 N–H and O–H groups in total. The molecule has 0 saturated heterocycles. The predicted octanol–water partition coefficient (Wildman–Crippen LogP) is 3.77. The monoisotopic (exact) mass is 378 g/mol. The topological polar surface area (TPSA) is 90.6 Å². The van der Waals surface area contributed by atoms with Crippen molar-refractivity contribution in [3.63, 3.8) is 0 Å². The number of anilines is 2. The molecule has 2 aromatic carbocycles. The molecule has 3 aromatic rings. The van der Waals surface area contributed by atoms with Crippen molar-refractivity contribution in [3.8, 4) is 11.5 Å². The molecule has 7 nitrogen and oxygen atoms in total. The average Bonchev–Trinajstić information content (AvgIpc) is 3.27. The van der Waals surface area contributed by atoms with Crippen molar-refractivity contribution in [3.05, 3.63) is 65.4 Å². The molecule has 0 unspecified atom stereocenters. The third-order valence-electron chi connectivity index (χ3n) is 4.87. The number of benzene rings is 2. The van der Waals surface area contributed by atoms with E-state index in [1.165, 1.54) is 12.1 Å². The van der Waals surface area contributed by atoms with E-state index >= 15 is 0 Å². The summed E-state index contributed by atoms with van der Waals surface area (Å²) in [6.45, 7) is 4.95. The van der Waals surface area contributed by atoms with Crippen LogP contribution in [0.25, 0.3) is 0 Å². The van der Waals surface area contributed by atoms with Gasteiger partial charge in [0.1, 0.15) is 22.9 Å². The summed E-state index contributed by atoms with van der Waals surface area (Å²) in [7, 11) is 0. The van der Waals surface area contributed by atoms with Crippen LogP contribution in [0.2, 0.25) is 0 Å². The third kappa shape index (κ3) is 3.15. The van der Waals surface area contributed by atoms with Gasteiger partial charge in [0.2, 0.25) is 0 Å². The molecule has 0 bridgehead atoms. The first-order chi connectivity index (χ1) is 13.4. The Morgan fingerprint density at radius 3 is 2.43 bits per heavy atom. The van der Waals surface area contributed by atoms with Crippen LogP contribution in [-0.2, 0) is 13.1 Å². The van der Waals surface area contributed by atoms with E-state index in [-0.39, 0.29) is 29.0 Å². The van der Waals surface area contributed by atoms with Gasteiger partial charge < -0.3 is 20.4 Å². The summed E-state index contributed by atoms with van der Waals surface area (Å²) in [5.74, 6) is -0.0264. The van der Waals surface area contributed by atoms with Crippen LogP contribution < -0.4 is 5.32 Å². The Kier molecular flexibility index (Phi) is 4.43. The highest BCUT2D eigenvalue weighted by atomic mass is 16.3. The summed E-state index contributed by atoms with van der Waals surface area (Å²) in [5, 5.41) is 27.8. The number of carbonyl (C=O) groups is 1. The zero-order chi connectivity index (χ0) is 19.8. The summed E-state index contributed by atoms with van der Waals surface area (Å²) in [5.41, 5.74) is 2.66. The molecule has 28 heavy (non-hydrogen) atoms. The molecule has 144 valence electrons. The van der Waals surface area contributed by atoms with E-state index < -0.39 is 0 Å². The van der Waals surface area contributed by atoms with E-state index in [4.69, 9.17) is 0 Å². The first-order valence-electron chi connectivity index (χ1n) is 9.16. The Bertz CT molecular complexity index is 1020. The van der Waals surface area contributed by atoms with Crippen LogP contribution in [0.4, 0.5) is 11.5 Å². The number of aromatic nitrogens is 2. The lowest BCUT2D eigenvalue weighted by Gasteiger charge is -2.20. The van der Waals surface area contributed by atoms with Crippen LogP contribution in [0.1, 0.15) is 41.4 Å². The van der Waals surface area contributed by atoms with Gasteiger partial charge >= 0.3 is 0 Å².